The third kappa shape index (κ3) is 4.90. The van der Waals surface area contributed by atoms with Gasteiger partial charge in [-0.15, -0.1) is 0 Å². The van der Waals surface area contributed by atoms with Crippen molar-refractivity contribution in [1.29, 1.82) is 0 Å². The fourth-order valence-electron chi connectivity index (χ4n) is 2.87. The molecule has 0 bridgehead atoms. The summed E-state index contributed by atoms with van der Waals surface area (Å²) in [5.74, 6) is 0.0629. The first-order valence-corrected chi connectivity index (χ1v) is 8.32. The predicted molar refractivity (Wildman–Crippen MR) is 95.3 cm³/mol. The molecular formula is C20H26FN2O+. The zero-order valence-corrected chi connectivity index (χ0v) is 14.8. The summed E-state index contributed by atoms with van der Waals surface area (Å²) in [6, 6.07) is 12.6. The van der Waals surface area contributed by atoms with Crippen molar-refractivity contribution in [3.05, 3.63) is 65.0 Å². The number of hydrogen-bond donors (Lipinski definition) is 2. The van der Waals surface area contributed by atoms with E-state index in [1.165, 1.54) is 17.7 Å². The number of nitrogens with one attached hydrogen (secondary N) is 1. The van der Waals surface area contributed by atoms with Gasteiger partial charge in [0.05, 0.1) is 0 Å². The normalized spacial score (nSPS) is 12.2. The number of carbonyl (C=O) groups is 1. The van der Waals surface area contributed by atoms with Crippen LogP contribution in [0.4, 0.5) is 10.1 Å². The zero-order valence-electron chi connectivity index (χ0n) is 14.8. The lowest BCUT2D eigenvalue weighted by Gasteiger charge is -2.19. The summed E-state index contributed by atoms with van der Waals surface area (Å²) < 4.78 is 13.1. The van der Waals surface area contributed by atoms with Crippen LogP contribution in [-0.4, -0.2) is 12.5 Å². The molecule has 3 N–H and O–H groups in total. The van der Waals surface area contributed by atoms with Gasteiger partial charge >= 0.3 is 0 Å². The number of amides is 1. The molecule has 0 saturated carbocycles. The number of benzene rings is 2. The van der Waals surface area contributed by atoms with Crippen molar-refractivity contribution in [3.8, 4) is 0 Å². The average Bonchev–Trinajstić information content (AvgIpc) is 2.52. The van der Waals surface area contributed by atoms with Gasteiger partial charge in [-0.3, -0.25) is 4.79 Å². The van der Waals surface area contributed by atoms with Gasteiger partial charge in [0.25, 0.3) is 5.91 Å². The first-order valence-electron chi connectivity index (χ1n) is 8.32. The van der Waals surface area contributed by atoms with Crippen LogP contribution in [0.15, 0.2) is 42.5 Å². The molecule has 24 heavy (non-hydrogen) atoms. The largest absolute Gasteiger partial charge is 0.332 e. The lowest BCUT2D eigenvalue weighted by molar-refractivity contribution is -0.692. The van der Waals surface area contributed by atoms with Gasteiger partial charge in [-0.05, 0) is 37.6 Å². The number of quaternary nitrogens is 1. The van der Waals surface area contributed by atoms with Crippen LogP contribution >= 0.6 is 0 Å². The molecular weight excluding hydrogens is 303 g/mol. The summed E-state index contributed by atoms with van der Waals surface area (Å²) in [6.07, 6.45) is 0. The molecule has 0 unspecified atom stereocenters. The minimum Gasteiger partial charge on any atom is -0.332 e. The van der Waals surface area contributed by atoms with E-state index in [0.29, 0.717) is 12.5 Å². The number of carbonyl (C=O) groups excluding carboxylic acids is 1. The number of rotatable bonds is 6. The predicted octanol–water partition coefficient (Wildman–Crippen LogP) is 3.34. The van der Waals surface area contributed by atoms with Crippen molar-refractivity contribution in [2.45, 2.75) is 33.7 Å². The molecule has 0 saturated heterocycles. The molecule has 0 aromatic heterocycles. The fraction of sp³-hybridized carbons (Fsp3) is 0.350. The van der Waals surface area contributed by atoms with E-state index in [1.54, 1.807) is 12.1 Å². The fourth-order valence-corrected chi connectivity index (χ4v) is 2.87. The molecule has 1 atom stereocenters. The Balaban J connectivity index is 1.98. The van der Waals surface area contributed by atoms with Crippen molar-refractivity contribution in [2.75, 3.05) is 11.9 Å². The number of halogens is 1. The van der Waals surface area contributed by atoms with E-state index in [9.17, 15) is 9.18 Å². The Hall–Kier alpha value is -2.20. The summed E-state index contributed by atoms with van der Waals surface area (Å²) in [6.45, 7) is 8.55. The molecule has 0 aliphatic rings. The van der Waals surface area contributed by atoms with E-state index in [0.717, 1.165) is 16.8 Å². The van der Waals surface area contributed by atoms with Crippen molar-refractivity contribution < 1.29 is 14.5 Å². The molecule has 1 amide bonds. The third-order valence-electron chi connectivity index (χ3n) is 4.19. The van der Waals surface area contributed by atoms with Crippen LogP contribution in [0.2, 0.25) is 0 Å². The maximum absolute atomic E-state index is 13.1. The molecule has 128 valence electrons. The number of hydrogen-bond acceptors (Lipinski definition) is 1. The Labute approximate surface area is 143 Å². The van der Waals surface area contributed by atoms with E-state index in [2.05, 4.69) is 25.2 Å². The summed E-state index contributed by atoms with van der Waals surface area (Å²) in [4.78, 5) is 12.3. The SMILES string of the molecule is Cc1ccc(NC(=O)C[NH2+][C@H](c2ccc(F)cc2)C(C)C)c(C)c1. The van der Waals surface area contributed by atoms with Gasteiger partial charge in [-0.25, -0.2) is 4.39 Å². The van der Waals surface area contributed by atoms with Gasteiger partial charge in [-0.1, -0.05) is 43.7 Å². The Morgan fingerprint density at radius 3 is 2.38 bits per heavy atom. The molecule has 2 rings (SSSR count). The molecule has 0 radical (unpaired) electrons. The Kier molecular flexibility index (Phi) is 6.10. The van der Waals surface area contributed by atoms with Crippen LogP contribution < -0.4 is 10.6 Å². The molecule has 3 nitrogen and oxygen atoms in total. The molecule has 2 aromatic carbocycles. The van der Waals surface area contributed by atoms with E-state index in [1.807, 2.05) is 31.3 Å². The Bertz CT molecular complexity index is 695. The van der Waals surface area contributed by atoms with Gasteiger partial charge in [-0.2, -0.15) is 0 Å². The van der Waals surface area contributed by atoms with Crippen molar-refractivity contribution >= 4 is 11.6 Å². The van der Waals surface area contributed by atoms with Crippen LogP contribution in [0.5, 0.6) is 0 Å². The summed E-state index contributed by atoms with van der Waals surface area (Å²) in [5, 5.41) is 4.97. The highest BCUT2D eigenvalue weighted by molar-refractivity contribution is 5.92. The minimum atomic E-state index is -0.242. The maximum Gasteiger partial charge on any atom is 0.279 e. The van der Waals surface area contributed by atoms with E-state index in [4.69, 9.17) is 0 Å². The lowest BCUT2D eigenvalue weighted by Crippen LogP contribution is -2.88. The maximum atomic E-state index is 13.1. The van der Waals surface area contributed by atoms with E-state index in [-0.39, 0.29) is 17.8 Å². The second-order valence-electron chi connectivity index (χ2n) is 6.63. The van der Waals surface area contributed by atoms with Crippen LogP contribution in [0, 0.1) is 25.6 Å². The van der Waals surface area contributed by atoms with Crippen LogP contribution in [0.1, 0.15) is 36.6 Å². The van der Waals surface area contributed by atoms with Crippen molar-refractivity contribution in [2.24, 2.45) is 5.92 Å². The molecule has 2 aromatic rings. The highest BCUT2D eigenvalue weighted by atomic mass is 19.1. The van der Waals surface area contributed by atoms with Gasteiger partial charge in [0.15, 0.2) is 6.54 Å². The highest BCUT2D eigenvalue weighted by Gasteiger charge is 2.20. The average molecular weight is 329 g/mol. The number of nitrogens with two attached hydrogens (primary N) is 1. The smallest absolute Gasteiger partial charge is 0.279 e. The van der Waals surface area contributed by atoms with Gasteiger partial charge in [0.1, 0.15) is 11.9 Å². The lowest BCUT2D eigenvalue weighted by atomic mass is 9.96. The molecule has 0 heterocycles. The second kappa shape index (κ2) is 8.06. The second-order valence-corrected chi connectivity index (χ2v) is 6.63. The summed E-state index contributed by atoms with van der Waals surface area (Å²) in [7, 11) is 0. The van der Waals surface area contributed by atoms with Gasteiger partial charge in [0, 0.05) is 17.2 Å². The van der Waals surface area contributed by atoms with Crippen molar-refractivity contribution in [3.63, 3.8) is 0 Å². The summed E-state index contributed by atoms with van der Waals surface area (Å²) >= 11 is 0. The van der Waals surface area contributed by atoms with E-state index < -0.39 is 0 Å². The molecule has 0 fully saturated rings. The van der Waals surface area contributed by atoms with Gasteiger partial charge < -0.3 is 10.6 Å². The molecule has 4 heteroatoms. The first-order chi connectivity index (χ1) is 11.4. The Morgan fingerprint density at radius 1 is 1.12 bits per heavy atom. The van der Waals surface area contributed by atoms with E-state index >= 15 is 0 Å². The van der Waals surface area contributed by atoms with Crippen molar-refractivity contribution in [1.82, 2.24) is 0 Å². The topological polar surface area (TPSA) is 45.7 Å². The minimum absolute atomic E-state index is 0.0327. The van der Waals surface area contributed by atoms with Crippen LogP contribution in [-0.2, 0) is 4.79 Å². The van der Waals surface area contributed by atoms with Gasteiger partial charge in [0.2, 0.25) is 0 Å². The van der Waals surface area contributed by atoms with Crippen LogP contribution in [0.25, 0.3) is 0 Å². The highest BCUT2D eigenvalue weighted by Crippen LogP contribution is 2.18. The number of aryl methyl sites for hydroxylation is 2. The standard InChI is InChI=1S/C20H25FN2O/c1-13(2)20(16-6-8-17(21)9-7-16)22-12-19(24)23-18-10-5-14(3)11-15(18)4/h5-11,13,20,22H,12H2,1-4H3,(H,23,24)/p+1/t20-/m0/s1. The quantitative estimate of drug-likeness (QED) is 0.839. The monoisotopic (exact) mass is 329 g/mol. The molecule has 0 spiro atoms. The molecule has 0 aliphatic carbocycles. The first kappa shape index (κ1) is 18.1. The Morgan fingerprint density at radius 2 is 1.79 bits per heavy atom. The van der Waals surface area contributed by atoms with Crippen LogP contribution in [0.3, 0.4) is 0 Å². The number of anilines is 1. The summed E-state index contributed by atoms with van der Waals surface area (Å²) in [5.41, 5.74) is 4.11. The third-order valence-corrected chi connectivity index (χ3v) is 4.19. The zero-order chi connectivity index (χ0) is 17.7. The molecule has 0 aliphatic heterocycles.